The SMILES string of the molecule is CCCCCNCc1ccn(-c2ccccc2)n1. The molecule has 0 saturated heterocycles. The van der Waals surface area contributed by atoms with Gasteiger partial charge in [-0.1, -0.05) is 38.0 Å². The van der Waals surface area contributed by atoms with Crippen LogP contribution < -0.4 is 5.32 Å². The van der Waals surface area contributed by atoms with Gasteiger partial charge < -0.3 is 5.32 Å². The summed E-state index contributed by atoms with van der Waals surface area (Å²) in [5.74, 6) is 0. The van der Waals surface area contributed by atoms with Gasteiger partial charge in [0.2, 0.25) is 0 Å². The summed E-state index contributed by atoms with van der Waals surface area (Å²) in [5, 5.41) is 7.98. The number of rotatable bonds is 7. The zero-order valence-corrected chi connectivity index (χ0v) is 11.0. The number of nitrogens with zero attached hydrogens (tertiary/aromatic N) is 2. The minimum absolute atomic E-state index is 0.851. The molecule has 1 aromatic heterocycles. The number of unbranched alkanes of at least 4 members (excludes halogenated alkanes) is 2. The molecule has 0 spiro atoms. The number of hydrogen-bond donors (Lipinski definition) is 1. The first-order valence-corrected chi connectivity index (χ1v) is 6.71. The second-order valence-corrected chi connectivity index (χ2v) is 4.47. The molecule has 0 atom stereocenters. The Kier molecular flexibility index (Phi) is 4.97. The van der Waals surface area contributed by atoms with E-state index in [0.29, 0.717) is 0 Å². The number of benzene rings is 1. The average molecular weight is 243 g/mol. The zero-order valence-electron chi connectivity index (χ0n) is 11.0. The molecule has 0 saturated carbocycles. The summed E-state index contributed by atoms with van der Waals surface area (Å²) in [5.41, 5.74) is 2.20. The molecule has 0 fully saturated rings. The van der Waals surface area contributed by atoms with Gasteiger partial charge in [-0.2, -0.15) is 5.10 Å². The predicted octanol–water partition coefficient (Wildman–Crippen LogP) is 3.15. The summed E-state index contributed by atoms with van der Waals surface area (Å²) in [6, 6.07) is 12.3. The van der Waals surface area contributed by atoms with Crippen LogP contribution in [0, 0.1) is 0 Å². The molecule has 18 heavy (non-hydrogen) atoms. The molecular weight excluding hydrogens is 222 g/mol. The molecule has 1 N–H and O–H groups in total. The monoisotopic (exact) mass is 243 g/mol. The second kappa shape index (κ2) is 6.97. The maximum absolute atomic E-state index is 4.55. The van der Waals surface area contributed by atoms with Crippen LogP contribution in [0.1, 0.15) is 31.9 Å². The molecular formula is C15H21N3. The van der Waals surface area contributed by atoms with E-state index in [1.165, 1.54) is 19.3 Å². The van der Waals surface area contributed by atoms with E-state index in [9.17, 15) is 0 Å². The maximum Gasteiger partial charge on any atom is 0.0766 e. The molecule has 0 unspecified atom stereocenters. The highest BCUT2D eigenvalue weighted by Gasteiger charge is 2.00. The molecule has 0 amide bonds. The Morgan fingerprint density at radius 3 is 2.72 bits per heavy atom. The van der Waals surface area contributed by atoms with Crippen LogP contribution in [0.5, 0.6) is 0 Å². The van der Waals surface area contributed by atoms with Gasteiger partial charge in [-0.3, -0.25) is 0 Å². The number of aromatic nitrogens is 2. The first-order chi connectivity index (χ1) is 8.90. The fourth-order valence-corrected chi connectivity index (χ4v) is 1.90. The highest BCUT2D eigenvalue weighted by atomic mass is 15.3. The molecule has 2 aromatic rings. The molecule has 0 aliphatic heterocycles. The molecule has 0 aliphatic rings. The van der Waals surface area contributed by atoms with Crippen molar-refractivity contribution in [2.75, 3.05) is 6.54 Å². The van der Waals surface area contributed by atoms with Gasteiger partial charge in [0.25, 0.3) is 0 Å². The summed E-state index contributed by atoms with van der Waals surface area (Å²) in [4.78, 5) is 0. The average Bonchev–Trinajstić information content (AvgIpc) is 2.88. The van der Waals surface area contributed by atoms with Gasteiger partial charge in [0, 0.05) is 12.7 Å². The Morgan fingerprint density at radius 1 is 1.11 bits per heavy atom. The summed E-state index contributed by atoms with van der Waals surface area (Å²) in [7, 11) is 0. The highest BCUT2D eigenvalue weighted by Crippen LogP contribution is 2.06. The Labute approximate surface area is 109 Å². The van der Waals surface area contributed by atoms with Crippen LogP contribution in [0.15, 0.2) is 42.6 Å². The Hall–Kier alpha value is -1.61. The Morgan fingerprint density at radius 2 is 1.94 bits per heavy atom. The number of para-hydroxylation sites is 1. The second-order valence-electron chi connectivity index (χ2n) is 4.47. The largest absolute Gasteiger partial charge is 0.311 e. The molecule has 96 valence electrons. The van der Waals surface area contributed by atoms with Gasteiger partial charge in [-0.15, -0.1) is 0 Å². The van der Waals surface area contributed by atoms with Crippen LogP contribution in [-0.2, 0) is 6.54 Å². The highest BCUT2D eigenvalue weighted by molar-refractivity contribution is 5.30. The molecule has 3 heteroatoms. The summed E-state index contributed by atoms with van der Waals surface area (Å²) in [6.45, 7) is 4.15. The van der Waals surface area contributed by atoms with Gasteiger partial charge in [0.15, 0.2) is 0 Å². The molecule has 1 heterocycles. The fraction of sp³-hybridized carbons (Fsp3) is 0.400. The van der Waals surface area contributed by atoms with Crippen molar-refractivity contribution in [1.82, 2.24) is 15.1 Å². The normalized spacial score (nSPS) is 10.7. The first-order valence-electron chi connectivity index (χ1n) is 6.71. The molecule has 0 radical (unpaired) electrons. The lowest BCUT2D eigenvalue weighted by atomic mass is 10.2. The molecule has 0 aliphatic carbocycles. The Bertz CT molecular complexity index is 448. The van der Waals surface area contributed by atoms with Crippen molar-refractivity contribution in [2.45, 2.75) is 32.7 Å². The number of hydrogen-bond acceptors (Lipinski definition) is 2. The number of nitrogens with one attached hydrogen (secondary N) is 1. The van der Waals surface area contributed by atoms with Crippen LogP contribution in [-0.4, -0.2) is 16.3 Å². The minimum atomic E-state index is 0.851. The predicted molar refractivity (Wildman–Crippen MR) is 74.8 cm³/mol. The summed E-state index contributed by atoms with van der Waals surface area (Å²) >= 11 is 0. The quantitative estimate of drug-likeness (QED) is 0.757. The third kappa shape index (κ3) is 3.70. The first kappa shape index (κ1) is 12.8. The smallest absolute Gasteiger partial charge is 0.0766 e. The van der Waals surface area contributed by atoms with Crippen molar-refractivity contribution in [2.24, 2.45) is 0 Å². The minimum Gasteiger partial charge on any atom is -0.311 e. The van der Waals surface area contributed by atoms with Gasteiger partial charge in [0.05, 0.1) is 11.4 Å². The van der Waals surface area contributed by atoms with Crippen LogP contribution in [0.4, 0.5) is 0 Å². The van der Waals surface area contributed by atoms with E-state index in [0.717, 1.165) is 24.5 Å². The van der Waals surface area contributed by atoms with E-state index < -0.39 is 0 Å². The standard InChI is InChI=1S/C15H21N3/c1-2-3-7-11-16-13-14-10-12-18(17-14)15-8-5-4-6-9-15/h4-6,8-10,12,16H,2-3,7,11,13H2,1H3. The van der Waals surface area contributed by atoms with E-state index >= 15 is 0 Å². The van der Waals surface area contributed by atoms with Crippen molar-refractivity contribution in [1.29, 1.82) is 0 Å². The zero-order chi connectivity index (χ0) is 12.6. The van der Waals surface area contributed by atoms with Gasteiger partial charge >= 0.3 is 0 Å². The van der Waals surface area contributed by atoms with Crippen LogP contribution in [0.25, 0.3) is 5.69 Å². The maximum atomic E-state index is 4.55. The topological polar surface area (TPSA) is 29.9 Å². The lowest BCUT2D eigenvalue weighted by Crippen LogP contribution is -2.15. The van der Waals surface area contributed by atoms with Gasteiger partial charge in [0.1, 0.15) is 0 Å². The van der Waals surface area contributed by atoms with E-state index in [1.54, 1.807) is 0 Å². The van der Waals surface area contributed by atoms with E-state index in [2.05, 4.69) is 35.5 Å². The summed E-state index contributed by atoms with van der Waals surface area (Å²) < 4.78 is 1.92. The van der Waals surface area contributed by atoms with Crippen LogP contribution in [0.3, 0.4) is 0 Å². The van der Waals surface area contributed by atoms with Gasteiger partial charge in [-0.25, -0.2) is 4.68 Å². The van der Waals surface area contributed by atoms with E-state index in [1.807, 2.05) is 29.1 Å². The lowest BCUT2D eigenvalue weighted by molar-refractivity contribution is 0.607. The van der Waals surface area contributed by atoms with Gasteiger partial charge in [-0.05, 0) is 31.2 Å². The van der Waals surface area contributed by atoms with Crippen LogP contribution in [0.2, 0.25) is 0 Å². The van der Waals surface area contributed by atoms with Crippen molar-refractivity contribution in [3.05, 3.63) is 48.3 Å². The fourth-order valence-electron chi connectivity index (χ4n) is 1.90. The molecule has 3 nitrogen and oxygen atoms in total. The molecule has 0 bridgehead atoms. The molecule has 2 rings (SSSR count). The summed E-state index contributed by atoms with van der Waals surface area (Å²) in [6.07, 6.45) is 5.82. The van der Waals surface area contributed by atoms with Crippen LogP contribution >= 0.6 is 0 Å². The van der Waals surface area contributed by atoms with Crippen molar-refractivity contribution in [3.8, 4) is 5.69 Å². The van der Waals surface area contributed by atoms with Crippen molar-refractivity contribution >= 4 is 0 Å². The van der Waals surface area contributed by atoms with E-state index in [-0.39, 0.29) is 0 Å². The third-order valence-electron chi connectivity index (χ3n) is 2.93. The lowest BCUT2D eigenvalue weighted by Gasteiger charge is -2.02. The Balaban J connectivity index is 1.83. The van der Waals surface area contributed by atoms with Crippen molar-refractivity contribution in [3.63, 3.8) is 0 Å². The third-order valence-corrected chi connectivity index (χ3v) is 2.93. The molecule has 1 aromatic carbocycles. The van der Waals surface area contributed by atoms with Crippen molar-refractivity contribution < 1.29 is 0 Å². The van der Waals surface area contributed by atoms with E-state index in [4.69, 9.17) is 0 Å².